The first-order valence-electron chi connectivity index (χ1n) is 7.54. The zero-order valence-electron chi connectivity index (χ0n) is 12.4. The van der Waals surface area contributed by atoms with Crippen LogP contribution in [0.5, 0.6) is 0 Å². The summed E-state index contributed by atoms with van der Waals surface area (Å²) in [5.74, 6) is 0. The van der Waals surface area contributed by atoms with Gasteiger partial charge in [-0.25, -0.2) is 0 Å². The lowest BCUT2D eigenvalue weighted by Gasteiger charge is -2.33. The Labute approximate surface area is 130 Å². The molecule has 3 nitrogen and oxygen atoms in total. The molecule has 110 valence electrons. The van der Waals surface area contributed by atoms with Gasteiger partial charge in [0.2, 0.25) is 0 Å². The first-order valence-corrected chi connectivity index (χ1v) is 8.33. The molecule has 2 saturated heterocycles. The summed E-state index contributed by atoms with van der Waals surface area (Å²) >= 11 is 3.52. The molecule has 2 aliphatic heterocycles. The molecular weight excluding hydrogens is 314 g/mol. The summed E-state index contributed by atoms with van der Waals surface area (Å²) in [7, 11) is 0. The number of nitrogens with one attached hydrogen (secondary N) is 1. The van der Waals surface area contributed by atoms with Crippen LogP contribution >= 0.6 is 15.9 Å². The Balaban J connectivity index is 1.76. The van der Waals surface area contributed by atoms with E-state index in [4.69, 9.17) is 0 Å². The second-order valence-corrected chi connectivity index (χ2v) is 7.46. The molecule has 0 radical (unpaired) electrons. The van der Waals surface area contributed by atoms with Gasteiger partial charge in [0.15, 0.2) is 0 Å². The monoisotopic (exact) mass is 337 g/mol. The third-order valence-electron chi connectivity index (χ3n) is 4.67. The Morgan fingerprint density at radius 2 is 1.80 bits per heavy atom. The lowest BCUT2D eigenvalue weighted by molar-refractivity contribution is 0.179. The Morgan fingerprint density at radius 3 is 2.45 bits per heavy atom. The minimum absolute atomic E-state index is 0.239. The van der Waals surface area contributed by atoms with Crippen molar-refractivity contribution in [3.8, 4) is 0 Å². The van der Waals surface area contributed by atoms with Crippen molar-refractivity contribution < 1.29 is 0 Å². The fourth-order valence-corrected chi connectivity index (χ4v) is 3.84. The summed E-state index contributed by atoms with van der Waals surface area (Å²) in [6, 6.07) is 9.43. The van der Waals surface area contributed by atoms with E-state index in [1.807, 2.05) is 0 Å². The number of hydrogen-bond donors (Lipinski definition) is 1. The number of hydrogen-bond acceptors (Lipinski definition) is 3. The summed E-state index contributed by atoms with van der Waals surface area (Å²) in [4.78, 5) is 5.24. The van der Waals surface area contributed by atoms with Gasteiger partial charge in [0, 0.05) is 54.5 Å². The molecule has 2 aliphatic rings. The Morgan fingerprint density at radius 1 is 1.15 bits per heavy atom. The maximum absolute atomic E-state index is 3.52. The predicted molar refractivity (Wildman–Crippen MR) is 88.4 cm³/mol. The van der Waals surface area contributed by atoms with E-state index in [1.54, 1.807) is 0 Å². The summed E-state index contributed by atoms with van der Waals surface area (Å²) < 4.78 is 1.15. The number of anilines is 1. The minimum atomic E-state index is 0.239. The fraction of sp³-hybridized carbons (Fsp3) is 0.625. The van der Waals surface area contributed by atoms with Gasteiger partial charge in [-0.05, 0) is 44.5 Å². The van der Waals surface area contributed by atoms with Gasteiger partial charge in [0.05, 0.1) is 0 Å². The van der Waals surface area contributed by atoms with Gasteiger partial charge in [-0.1, -0.05) is 15.9 Å². The van der Waals surface area contributed by atoms with Crippen LogP contribution in [0.3, 0.4) is 0 Å². The number of rotatable bonds is 2. The summed E-state index contributed by atoms with van der Waals surface area (Å²) in [5.41, 5.74) is 1.58. The largest absolute Gasteiger partial charge is 0.365 e. The van der Waals surface area contributed by atoms with Crippen molar-refractivity contribution >= 4 is 21.6 Å². The van der Waals surface area contributed by atoms with Gasteiger partial charge in [-0.15, -0.1) is 0 Å². The van der Waals surface area contributed by atoms with Crippen LogP contribution in [-0.4, -0.2) is 49.2 Å². The topological polar surface area (TPSA) is 18.5 Å². The Hall–Kier alpha value is -0.580. The molecule has 1 atom stereocenters. The van der Waals surface area contributed by atoms with Gasteiger partial charge in [-0.2, -0.15) is 0 Å². The van der Waals surface area contributed by atoms with Crippen molar-refractivity contribution in [1.29, 1.82) is 0 Å². The zero-order valence-corrected chi connectivity index (χ0v) is 14.0. The molecule has 0 aromatic heterocycles. The molecule has 0 bridgehead atoms. The molecule has 0 spiro atoms. The van der Waals surface area contributed by atoms with Crippen LogP contribution in [-0.2, 0) is 0 Å². The van der Waals surface area contributed by atoms with Gasteiger partial charge in [0.25, 0.3) is 0 Å². The van der Waals surface area contributed by atoms with E-state index in [0.29, 0.717) is 6.04 Å². The summed E-state index contributed by atoms with van der Waals surface area (Å²) in [5, 5.41) is 3.45. The van der Waals surface area contributed by atoms with E-state index < -0.39 is 0 Å². The molecule has 0 aliphatic carbocycles. The van der Waals surface area contributed by atoms with Crippen LogP contribution < -0.4 is 10.2 Å². The number of benzene rings is 1. The van der Waals surface area contributed by atoms with E-state index in [1.165, 1.54) is 25.2 Å². The molecule has 4 heteroatoms. The van der Waals surface area contributed by atoms with Crippen LogP contribution in [0.4, 0.5) is 5.69 Å². The van der Waals surface area contributed by atoms with Gasteiger partial charge in [0.1, 0.15) is 0 Å². The van der Waals surface area contributed by atoms with E-state index >= 15 is 0 Å². The molecule has 3 rings (SSSR count). The van der Waals surface area contributed by atoms with Crippen molar-refractivity contribution in [3.05, 3.63) is 28.7 Å². The smallest absolute Gasteiger partial charge is 0.0371 e. The third-order valence-corrected chi connectivity index (χ3v) is 5.19. The highest BCUT2D eigenvalue weighted by Crippen LogP contribution is 2.36. The van der Waals surface area contributed by atoms with Crippen LogP contribution in [0.15, 0.2) is 28.7 Å². The number of halogens is 1. The third kappa shape index (κ3) is 2.87. The van der Waals surface area contributed by atoms with Gasteiger partial charge >= 0.3 is 0 Å². The summed E-state index contributed by atoms with van der Waals surface area (Å²) in [6.45, 7) is 10.5. The summed E-state index contributed by atoms with van der Waals surface area (Å²) in [6.07, 6.45) is 1.25. The average Bonchev–Trinajstić information content (AvgIpc) is 2.77. The highest BCUT2D eigenvalue weighted by Gasteiger charge is 2.40. The van der Waals surface area contributed by atoms with Crippen LogP contribution in [0.2, 0.25) is 0 Å². The first-order chi connectivity index (χ1) is 9.56. The lowest BCUT2D eigenvalue weighted by Crippen LogP contribution is -2.49. The predicted octanol–water partition coefficient (Wildman–Crippen LogP) is 2.71. The maximum Gasteiger partial charge on any atom is 0.0371 e. The first kappa shape index (κ1) is 14.4. The van der Waals surface area contributed by atoms with E-state index in [0.717, 1.165) is 24.1 Å². The van der Waals surface area contributed by atoms with Crippen molar-refractivity contribution in [2.75, 3.05) is 37.6 Å². The molecule has 2 fully saturated rings. The quantitative estimate of drug-likeness (QED) is 0.895. The maximum atomic E-state index is 3.52. The van der Waals surface area contributed by atoms with E-state index in [-0.39, 0.29) is 5.54 Å². The van der Waals surface area contributed by atoms with Gasteiger partial charge in [-0.3, -0.25) is 4.90 Å². The molecule has 0 saturated carbocycles. The van der Waals surface area contributed by atoms with Crippen molar-refractivity contribution in [2.45, 2.75) is 31.8 Å². The number of nitrogens with zero attached hydrogens (tertiary/aromatic N) is 2. The molecule has 2 heterocycles. The fourth-order valence-electron chi connectivity index (χ4n) is 3.58. The van der Waals surface area contributed by atoms with Gasteiger partial charge < -0.3 is 10.2 Å². The highest BCUT2D eigenvalue weighted by atomic mass is 79.9. The number of piperazine rings is 1. The molecule has 20 heavy (non-hydrogen) atoms. The molecule has 1 N–H and O–H groups in total. The lowest BCUT2D eigenvalue weighted by atomic mass is 9.99. The standard InChI is InChI=1S/C16H24BrN3/c1-16(2)11-15(19-9-7-18-8-10-19)12-20(16)14-5-3-13(17)4-6-14/h3-6,15,18H,7-12H2,1-2H3. The van der Waals surface area contributed by atoms with Crippen LogP contribution in [0.1, 0.15) is 20.3 Å². The molecule has 1 aromatic carbocycles. The van der Waals surface area contributed by atoms with E-state index in [2.05, 4.69) is 69.2 Å². The highest BCUT2D eigenvalue weighted by molar-refractivity contribution is 9.10. The van der Waals surface area contributed by atoms with Crippen LogP contribution in [0, 0.1) is 0 Å². The minimum Gasteiger partial charge on any atom is -0.365 e. The molecule has 1 unspecified atom stereocenters. The normalized spacial score (nSPS) is 26.9. The zero-order chi connectivity index (χ0) is 14.2. The Kier molecular flexibility index (Phi) is 4.07. The second kappa shape index (κ2) is 5.66. The van der Waals surface area contributed by atoms with Crippen molar-refractivity contribution in [2.24, 2.45) is 0 Å². The van der Waals surface area contributed by atoms with Crippen molar-refractivity contribution in [3.63, 3.8) is 0 Å². The van der Waals surface area contributed by atoms with E-state index in [9.17, 15) is 0 Å². The SMILES string of the molecule is CC1(C)CC(N2CCNCC2)CN1c1ccc(Br)cc1. The molecule has 1 aromatic rings. The van der Waals surface area contributed by atoms with Crippen molar-refractivity contribution in [1.82, 2.24) is 10.2 Å². The molecule has 0 amide bonds. The molecular formula is C16H24BrN3. The average molecular weight is 338 g/mol. The Bertz CT molecular complexity index is 451. The van der Waals surface area contributed by atoms with Crippen LogP contribution in [0.25, 0.3) is 0 Å². The second-order valence-electron chi connectivity index (χ2n) is 6.54.